The SMILES string of the molecule is COc1ccc(-c2ccc3ncccc3c2)cc1N. The van der Waals surface area contributed by atoms with Crippen LogP contribution in [0.2, 0.25) is 0 Å². The zero-order valence-electron chi connectivity index (χ0n) is 10.6. The fourth-order valence-electron chi connectivity index (χ4n) is 2.17. The lowest BCUT2D eigenvalue weighted by Crippen LogP contribution is -1.92. The highest BCUT2D eigenvalue weighted by molar-refractivity contribution is 5.85. The molecule has 3 nitrogen and oxygen atoms in total. The van der Waals surface area contributed by atoms with Crippen molar-refractivity contribution in [2.45, 2.75) is 0 Å². The standard InChI is InChI=1S/C16H14N2O/c1-19-16-7-5-12(10-14(16)17)11-4-6-15-13(9-11)3-2-8-18-15/h2-10H,17H2,1H3. The van der Waals surface area contributed by atoms with Gasteiger partial charge in [-0.2, -0.15) is 0 Å². The molecule has 0 aliphatic rings. The first-order chi connectivity index (χ1) is 9.28. The second-order valence-corrected chi connectivity index (χ2v) is 4.37. The molecule has 3 aromatic rings. The average molecular weight is 250 g/mol. The van der Waals surface area contributed by atoms with E-state index in [1.54, 1.807) is 13.3 Å². The van der Waals surface area contributed by atoms with Crippen LogP contribution in [-0.2, 0) is 0 Å². The number of hydrogen-bond acceptors (Lipinski definition) is 3. The predicted octanol–water partition coefficient (Wildman–Crippen LogP) is 3.49. The molecule has 0 aliphatic heterocycles. The van der Waals surface area contributed by atoms with Crippen LogP contribution in [0.25, 0.3) is 22.0 Å². The summed E-state index contributed by atoms with van der Waals surface area (Å²) in [6.45, 7) is 0. The smallest absolute Gasteiger partial charge is 0.141 e. The van der Waals surface area contributed by atoms with E-state index < -0.39 is 0 Å². The second kappa shape index (κ2) is 4.61. The van der Waals surface area contributed by atoms with Crippen molar-refractivity contribution < 1.29 is 4.74 Å². The highest BCUT2D eigenvalue weighted by Gasteiger charge is 2.04. The van der Waals surface area contributed by atoms with Gasteiger partial charge >= 0.3 is 0 Å². The van der Waals surface area contributed by atoms with Crippen LogP contribution in [0.4, 0.5) is 5.69 Å². The van der Waals surface area contributed by atoms with Gasteiger partial charge in [-0.15, -0.1) is 0 Å². The van der Waals surface area contributed by atoms with Crippen LogP contribution in [0.3, 0.4) is 0 Å². The van der Waals surface area contributed by atoms with Gasteiger partial charge in [0.05, 0.1) is 18.3 Å². The van der Waals surface area contributed by atoms with Crippen LogP contribution < -0.4 is 10.5 Å². The molecule has 3 heteroatoms. The van der Waals surface area contributed by atoms with Crippen LogP contribution in [0.1, 0.15) is 0 Å². The molecular weight excluding hydrogens is 236 g/mol. The summed E-state index contributed by atoms with van der Waals surface area (Å²) in [6, 6.07) is 16.0. The lowest BCUT2D eigenvalue weighted by molar-refractivity contribution is 0.417. The van der Waals surface area contributed by atoms with Crippen molar-refractivity contribution in [1.29, 1.82) is 0 Å². The molecule has 19 heavy (non-hydrogen) atoms. The molecule has 94 valence electrons. The summed E-state index contributed by atoms with van der Waals surface area (Å²) in [7, 11) is 1.62. The Morgan fingerprint density at radius 2 is 1.79 bits per heavy atom. The number of hydrogen-bond donors (Lipinski definition) is 1. The van der Waals surface area contributed by atoms with Gasteiger partial charge in [-0.05, 0) is 41.5 Å². The topological polar surface area (TPSA) is 48.1 Å². The molecule has 0 atom stereocenters. The van der Waals surface area contributed by atoms with E-state index in [1.165, 1.54) is 0 Å². The molecule has 0 amide bonds. The molecular formula is C16H14N2O. The Bertz CT molecular complexity index is 738. The third-order valence-electron chi connectivity index (χ3n) is 3.17. The summed E-state index contributed by atoms with van der Waals surface area (Å²) < 4.78 is 5.17. The molecule has 0 aliphatic carbocycles. The van der Waals surface area contributed by atoms with Gasteiger partial charge in [0.25, 0.3) is 0 Å². The van der Waals surface area contributed by atoms with E-state index in [4.69, 9.17) is 10.5 Å². The summed E-state index contributed by atoms with van der Waals surface area (Å²) in [4.78, 5) is 4.32. The Balaban J connectivity index is 2.11. The number of nitrogens with zero attached hydrogens (tertiary/aromatic N) is 1. The van der Waals surface area contributed by atoms with Crippen molar-refractivity contribution in [2.24, 2.45) is 0 Å². The number of nitrogen functional groups attached to an aromatic ring is 1. The van der Waals surface area contributed by atoms with E-state index in [2.05, 4.69) is 23.2 Å². The number of methoxy groups -OCH3 is 1. The Morgan fingerprint density at radius 3 is 2.58 bits per heavy atom. The van der Waals surface area contributed by atoms with E-state index in [-0.39, 0.29) is 0 Å². The van der Waals surface area contributed by atoms with Gasteiger partial charge in [0.2, 0.25) is 0 Å². The number of rotatable bonds is 2. The maximum atomic E-state index is 5.94. The molecule has 1 aromatic heterocycles. The minimum absolute atomic E-state index is 0.645. The number of nitrogens with two attached hydrogens (primary N) is 1. The van der Waals surface area contributed by atoms with Gasteiger partial charge in [-0.1, -0.05) is 18.2 Å². The van der Waals surface area contributed by atoms with E-state index in [1.807, 2.05) is 30.3 Å². The van der Waals surface area contributed by atoms with Gasteiger partial charge in [0, 0.05) is 11.6 Å². The highest BCUT2D eigenvalue weighted by Crippen LogP contribution is 2.29. The zero-order valence-corrected chi connectivity index (χ0v) is 10.6. The van der Waals surface area contributed by atoms with Gasteiger partial charge in [-0.3, -0.25) is 4.98 Å². The summed E-state index contributed by atoms with van der Waals surface area (Å²) in [6.07, 6.45) is 1.80. The Hall–Kier alpha value is -2.55. The van der Waals surface area contributed by atoms with Crippen LogP contribution in [-0.4, -0.2) is 12.1 Å². The monoisotopic (exact) mass is 250 g/mol. The molecule has 0 spiro atoms. The van der Waals surface area contributed by atoms with Gasteiger partial charge < -0.3 is 10.5 Å². The molecule has 0 radical (unpaired) electrons. The molecule has 0 saturated heterocycles. The first kappa shape index (κ1) is 11.5. The minimum Gasteiger partial charge on any atom is -0.495 e. The Labute approximate surface area is 111 Å². The average Bonchev–Trinajstić information content (AvgIpc) is 2.46. The van der Waals surface area contributed by atoms with Gasteiger partial charge in [-0.25, -0.2) is 0 Å². The maximum Gasteiger partial charge on any atom is 0.141 e. The number of anilines is 1. The largest absolute Gasteiger partial charge is 0.495 e. The first-order valence-corrected chi connectivity index (χ1v) is 6.06. The van der Waals surface area contributed by atoms with Crippen LogP contribution in [0, 0.1) is 0 Å². The van der Waals surface area contributed by atoms with Crippen molar-refractivity contribution in [1.82, 2.24) is 4.98 Å². The number of aromatic nitrogens is 1. The van der Waals surface area contributed by atoms with Crippen molar-refractivity contribution in [2.75, 3.05) is 12.8 Å². The molecule has 0 fully saturated rings. The fraction of sp³-hybridized carbons (Fsp3) is 0.0625. The molecule has 2 aromatic carbocycles. The van der Waals surface area contributed by atoms with E-state index in [0.717, 1.165) is 22.0 Å². The predicted molar refractivity (Wildman–Crippen MR) is 78.1 cm³/mol. The van der Waals surface area contributed by atoms with Crippen molar-refractivity contribution in [3.63, 3.8) is 0 Å². The molecule has 0 bridgehead atoms. The number of fused-ring (bicyclic) bond motifs is 1. The number of pyridine rings is 1. The first-order valence-electron chi connectivity index (χ1n) is 6.06. The Kier molecular flexibility index (Phi) is 2.80. The summed E-state index contributed by atoms with van der Waals surface area (Å²) in [5.74, 6) is 0.700. The molecule has 0 unspecified atom stereocenters. The van der Waals surface area contributed by atoms with Crippen LogP contribution in [0.15, 0.2) is 54.7 Å². The third-order valence-corrected chi connectivity index (χ3v) is 3.17. The summed E-state index contributed by atoms with van der Waals surface area (Å²) >= 11 is 0. The Morgan fingerprint density at radius 1 is 1.00 bits per heavy atom. The van der Waals surface area contributed by atoms with E-state index >= 15 is 0 Å². The summed E-state index contributed by atoms with van der Waals surface area (Å²) in [5.41, 5.74) is 9.78. The van der Waals surface area contributed by atoms with Crippen LogP contribution >= 0.6 is 0 Å². The van der Waals surface area contributed by atoms with E-state index in [0.29, 0.717) is 11.4 Å². The van der Waals surface area contributed by atoms with Gasteiger partial charge in [0.15, 0.2) is 0 Å². The zero-order chi connectivity index (χ0) is 13.2. The minimum atomic E-state index is 0.645. The number of ether oxygens (including phenoxy) is 1. The van der Waals surface area contributed by atoms with Crippen molar-refractivity contribution in [3.05, 3.63) is 54.7 Å². The second-order valence-electron chi connectivity index (χ2n) is 4.37. The number of benzene rings is 2. The lowest BCUT2D eigenvalue weighted by atomic mass is 10.0. The van der Waals surface area contributed by atoms with Crippen molar-refractivity contribution in [3.8, 4) is 16.9 Å². The lowest BCUT2D eigenvalue weighted by Gasteiger charge is -2.08. The molecule has 0 saturated carbocycles. The van der Waals surface area contributed by atoms with Gasteiger partial charge in [0.1, 0.15) is 5.75 Å². The van der Waals surface area contributed by atoms with E-state index in [9.17, 15) is 0 Å². The molecule has 1 heterocycles. The van der Waals surface area contributed by atoms with Crippen LogP contribution in [0.5, 0.6) is 5.75 Å². The normalized spacial score (nSPS) is 10.6. The fourth-order valence-corrected chi connectivity index (χ4v) is 2.17. The third kappa shape index (κ3) is 2.10. The summed E-state index contributed by atoms with van der Waals surface area (Å²) in [5, 5.41) is 1.12. The van der Waals surface area contributed by atoms with Crippen molar-refractivity contribution >= 4 is 16.6 Å². The quantitative estimate of drug-likeness (QED) is 0.708. The highest BCUT2D eigenvalue weighted by atomic mass is 16.5. The molecule has 3 rings (SSSR count). The maximum absolute atomic E-state index is 5.94. The molecule has 2 N–H and O–H groups in total.